The van der Waals surface area contributed by atoms with Crippen molar-refractivity contribution in [2.45, 2.75) is 45.6 Å². The van der Waals surface area contributed by atoms with E-state index in [1.54, 1.807) is 6.07 Å². The van der Waals surface area contributed by atoms with Gasteiger partial charge in [-0.1, -0.05) is 37.8 Å². The molecule has 2 N–H and O–H groups in total. The van der Waals surface area contributed by atoms with E-state index in [4.69, 9.17) is 17.3 Å². The standard InChI is InChI=1S/C14H19ClFN3/c1-3-4-5-6-9(2)19-13-7-10(15)11(16)8-12(13)18-14(19)17/h7-9H,3-6H2,1-2H3,(H2,17,18). The van der Waals surface area contributed by atoms with Crippen molar-refractivity contribution < 1.29 is 4.39 Å². The molecular formula is C14H19ClFN3. The van der Waals surface area contributed by atoms with Gasteiger partial charge in [-0.3, -0.25) is 0 Å². The number of hydrogen-bond donors (Lipinski definition) is 1. The van der Waals surface area contributed by atoms with Crippen molar-refractivity contribution in [2.24, 2.45) is 0 Å². The molecule has 1 aromatic carbocycles. The molecule has 1 aromatic heterocycles. The Hall–Kier alpha value is -1.29. The minimum Gasteiger partial charge on any atom is -0.369 e. The number of rotatable bonds is 5. The maximum Gasteiger partial charge on any atom is 0.201 e. The number of anilines is 1. The van der Waals surface area contributed by atoms with Crippen LogP contribution in [0.5, 0.6) is 0 Å². The van der Waals surface area contributed by atoms with Crippen LogP contribution in [0.3, 0.4) is 0 Å². The largest absolute Gasteiger partial charge is 0.369 e. The number of aromatic nitrogens is 2. The molecule has 19 heavy (non-hydrogen) atoms. The summed E-state index contributed by atoms with van der Waals surface area (Å²) in [6, 6.07) is 3.17. The Labute approximate surface area is 117 Å². The molecular weight excluding hydrogens is 265 g/mol. The zero-order valence-electron chi connectivity index (χ0n) is 11.3. The summed E-state index contributed by atoms with van der Waals surface area (Å²) < 4.78 is 15.4. The molecule has 1 unspecified atom stereocenters. The summed E-state index contributed by atoms with van der Waals surface area (Å²) in [7, 11) is 0. The number of nitrogens with zero attached hydrogens (tertiary/aromatic N) is 2. The lowest BCUT2D eigenvalue weighted by atomic mass is 10.1. The molecule has 5 heteroatoms. The maximum absolute atomic E-state index is 13.4. The minimum absolute atomic E-state index is 0.106. The zero-order valence-corrected chi connectivity index (χ0v) is 12.0. The Morgan fingerprint density at radius 2 is 2.16 bits per heavy atom. The average Bonchev–Trinajstić information content (AvgIpc) is 2.65. The van der Waals surface area contributed by atoms with E-state index < -0.39 is 5.82 Å². The van der Waals surface area contributed by atoms with E-state index in [1.165, 1.54) is 18.9 Å². The highest BCUT2D eigenvalue weighted by atomic mass is 35.5. The molecule has 0 radical (unpaired) electrons. The lowest BCUT2D eigenvalue weighted by Gasteiger charge is -2.15. The van der Waals surface area contributed by atoms with Gasteiger partial charge in [0.25, 0.3) is 0 Å². The third-order valence-corrected chi connectivity index (χ3v) is 3.71. The second-order valence-electron chi connectivity index (χ2n) is 4.94. The van der Waals surface area contributed by atoms with Crippen molar-refractivity contribution >= 4 is 28.6 Å². The maximum atomic E-state index is 13.4. The number of nitrogen functional groups attached to an aromatic ring is 1. The van der Waals surface area contributed by atoms with Crippen molar-refractivity contribution in [1.29, 1.82) is 0 Å². The van der Waals surface area contributed by atoms with Gasteiger partial charge in [0.05, 0.1) is 16.1 Å². The fourth-order valence-corrected chi connectivity index (χ4v) is 2.55. The Kier molecular flexibility index (Phi) is 4.30. The molecule has 2 rings (SSSR count). The van der Waals surface area contributed by atoms with E-state index in [1.807, 2.05) is 4.57 Å². The normalized spacial score (nSPS) is 13.1. The number of halogens is 2. The van der Waals surface area contributed by atoms with Gasteiger partial charge in [-0.15, -0.1) is 0 Å². The number of imidazole rings is 1. The van der Waals surface area contributed by atoms with Gasteiger partial charge in [-0.05, 0) is 19.4 Å². The first kappa shape index (κ1) is 14.1. The average molecular weight is 284 g/mol. The molecule has 3 nitrogen and oxygen atoms in total. The monoisotopic (exact) mass is 283 g/mol. The number of nitrogens with two attached hydrogens (primary N) is 1. The first-order valence-corrected chi connectivity index (χ1v) is 7.04. The molecule has 0 fully saturated rings. The van der Waals surface area contributed by atoms with Crippen molar-refractivity contribution in [3.63, 3.8) is 0 Å². The van der Waals surface area contributed by atoms with Crippen LogP contribution in [0.4, 0.5) is 10.3 Å². The van der Waals surface area contributed by atoms with E-state index in [-0.39, 0.29) is 11.1 Å². The lowest BCUT2D eigenvalue weighted by Crippen LogP contribution is -2.08. The summed E-state index contributed by atoms with van der Waals surface area (Å²) in [5.74, 6) is -0.0434. The molecule has 1 atom stereocenters. The lowest BCUT2D eigenvalue weighted by molar-refractivity contribution is 0.492. The van der Waals surface area contributed by atoms with Gasteiger partial charge < -0.3 is 10.3 Å². The first-order valence-electron chi connectivity index (χ1n) is 6.67. The van der Waals surface area contributed by atoms with Crippen molar-refractivity contribution in [3.05, 3.63) is 23.0 Å². The molecule has 2 aromatic rings. The SMILES string of the molecule is CCCCCC(C)n1c(N)nc2cc(F)c(Cl)cc21. The molecule has 1 heterocycles. The molecule has 104 valence electrons. The number of benzene rings is 1. The van der Waals surface area contributed by atoms with Gasteiger partial charge in [0, 0.05) is 12.1 Å². The van der Waals surface area contributed by atoms with E-state index in [9.17, 15) is 4.39 Å². The summed E-state index contributed by atoms with van der Waals surface area (Å²) in [6.07, 6.45) is 4.56. The summed E-state index contributed by atoms with van der Waals surface area (Å²) in [5, 5.41) is 0.106. The van der Waals surface area contributed by atoms with Crippen LogP contribution in [0.2, 0.25) is 5.02 Å². The van der Waals surface area contributed by atoms with Gasteiger partial charge in [0.15, 0.2) is 0 Å². The van der Waals surface area contributed by atoms with E-state index >= 15 is 0 Å². The third kappa shape index (κ3) is 2.84. The van der Waals surface area contributed by atoms with Gasteiger partial charge in [-0.2, -0.15) is 0 Å². The van der Waals surface area contributed by atoms with Crippen LogP contribution in [-0.4, -0.2) is 9.55 Å². The first-order chi connectivity index (χ1) is 9.04. The Morgan fingerprint density at radius 3 is 2.84 bits per heavy atom. The smallest absolute Gasteiger partial charge is 0.201 e. The van der Waals surface area contributed by atoms with E-state index in [0.717, 1.165) is 18.4 Å². The predicted octanol–water partition coefficient (Wildman–Crippen LogP) is 4.55. The van der Waals surface area contributed by atoms with Crippen LogP contribution in [0, 0.1) is 5.82 Å². The van der Waals surface area contributed by atoms with Crippen LogP contribution in [0.15, 0.2) is 12.1 Å². The van der Waals surface area contributed by atoms with Gasteiger partial charge in [0.1, 0.15) is 5.82 Å². The Balaban J connectivity index is 2.36. The topological polar surface area (TPSA) is 43.8 Å². The predicted molar refractivity (Wildman–Crippen MR) is 78.0 cm³/mol. The molecule has 0 aliphatic rings. The van der Waals surface area contributed by atoms with Gasteiger partial charge in [-0.25, -0.2) is 9.37 Å². The van der Waals surface area contributed by atoms with Crippen LogP contribution in [-0.2, 0) is 0 Å². The fraction of sp³-hybridized carbons (Fsp3) is 0.500. The molecule has 0 saturated carbocycles. The van der Waals surface area contributed by atoms with Crippen molar-refractivity contribution in [3.8, 4) is 0 Å². The second-order valence-corrected chi connectivity index (χ2v) is 5.35. The quantitative estimate of drug-likeness (QED) is 0.818. The molecule has 0 aliphatic carbocycles. The van der Waals surface area contributed by atoms with Crippen molar-refractivity contribution in [2.75, 3.05) is 5.73 Å². The molecule has 0 aliphatic heterocycles. The zero-order chi connectivity index (χ0) is 14.0. The number of hydrogen-bond acceptors (Lipinski definition) is 2. The highest BCUT2D eigenvalue weighted by Crippen LogP contribution is 2.29. The summed E-state index contributed by atoms with van der Waals surface area (Å²) in [6.45, 7) is 4.28. The molecule has 0 saturated heterocycles. The van der Waals surface area contributed by atoms with Crippen LogP contribution in [0.1, 0.15) is 45.6 Å². The van der Waals surface area contributed by atoms with Crippen LogP contribution >= 0.6 is 11.6 Å². The molecule has 0 bridgehead atoms. The third-order valence-electron chi connectivity index (χ3n) is 3.43. The summed E-state index contributed by atoms with van der Waals surface area (Å²) in [4.78, 5) is 4.21. The van der Waals surface area contributed by atoms with Crippen molar-refractivity contribution in [1.82, 2.24) is 9.55 Å². The molecule has 0 spiro atoms. The minimum atomic E-state index is -0.461. The van der Waals surface area contributed by atoms with Gasteiger partial charge >= 0.3 is 0 Å². The van der Waals surface area contributed by atoms with E-state index in [2.05, 4.69) is 18.8 Å². The van der Waals surface area contributed by atoms with E-state index in [0.29, 0.717) is 11.5 Å². The fourth-order valence-electron chi connectivity index (χ4n) is 2.39. The van der Waals surface area contributed by atoms with Crippen LogP contribution < -0.4 is 5.73 Å². The Bertz CT molecular complexity index is 580. The summed E-state index contributed by atoms with van der Waals surface area (Å²) >= 11 is 5.84. The van der Waals surface area contributed by atoms with Crippen LogP contribution in [0.25, 0.3) is 11.0 Å². The Morgan fingerprint density at radius 1 is 1.42 bits per heavy atom. The highest BCUT2D eigenvalue weighted by Gasteiger charge is 2.15. The summed E-state index contributed by atoms with van der Waals surface area (Å²) in [5.41, 5.74) is 7.30. The number of fused-ring (bicyclic) bond motifs is 1. The number of unbranched alkanes of at least 4 members (excludes halogenated alkanes) is 2. The highest BCUT2D eigenvalue weighted by molar-refractivity contribution is 6.31. The molecule has 0 amide bonds. The second kappa shape index (κ2) is 5.78. The van der Waals surface area contributed by atoms with Gasteiger partial charge in [0.2, 0.25) is 5.95 Å².